The maximum atomic E-state index is 13.4. The molecule has 0 saturated heterocycles. The van der Waals surface area contributed by atoms with Gasteiger partial charge in [-0.15, -0.1) is 0 Å². The average Bonchev–Trinajstić information content (AvgIpc) is 3.38. The van der Waals surface area contributed by atoms with E-state index in [4.69, 9.17) is 4.74 Å². The Morgan fingerprint density at radius 2 is 1.46 bits per heavy atom. The lowest BCUT2D eigenvalue weighted by molar-refractivity contribution is -0.114. The van der Waals surface area contributed by atoms with Crippen molar-refractivity contribution in [2.75, 3.05) is 16.8 Å². The zero-order valence-electron chi connectivity index (χ0n) is 22.4. The van der Waals surface area contributed by atoms with Gasteiger partial charge < -0.3 is 14.6 Å². The molecule has 0 fully saturated rings. The lowest BCUT2D eigenvalue weighted by Gasteiger charge is -2.14. The quantitative estimate of drug-likeness (QED) is 0.195. The second-order valence-corrected chi connectivity index (χ2v) is 9.53. The first-order valence-corrected chi connectivity index (χ1v) is 12.6. The molecule has 206 valence electrons. The van der Waals surface area contributed by atoms with Gasteiger partial charge in [0.2, 0.25) is 11.7 Å². The standard InChI is InChI=1S/C31H24FN3O6/c1-17-14-26(18(2)34(17)23-9-5-21(32)6-10-23)28(37)16-41-31(40)20-4-13-25-27(15-20)30(39)35(29(25)38)24-11-7-22(8-12-24)33-19(3)36/h4-15H,16H2,1-3H3,(H,33,36). The maximum Gasteiger partial charge on any atom is 0.338 e. The van der Waals surface area contributed by atoms with Gasteiger partial charge in [0, 0.05) is 35.2 Å². The molecular formula is C31H24FN3O6. The van der Waals surface area contributed by atoms with Crippen LogP contribution < -0.4 is 10.2 Å². The fourth-order valence-corrected chi connectivity index (χ4v) is 4.82. The van der Waals surface area contributed by atoms with Gasteiger partial charge >= 0.3 is 5.97 Å². The normalized spacial score (nSPS) is 12.3. The number of carbonyl (C=O) groups is 5. The summed E-state index contributed by atoms with van der Waals surface area (Å²) in [6, 6.07) is 17.7. The first-order valence-electron chi connectivity index (χ1n) is 12.6. The zero-order valence-corrected chi connectivity index (χ0v) is 22.4. The number of hydrogen-bond donors (Lipinski definition) is 1. The number of Topliss-reactive ketones (excluding diaryl/α,β-unsaturated/α-hetero) is 1. The molecule has 0 aliphatic carbocycles. The molecule has 3 aromatic carbocycles. The van der Waals surface area contributed by atoms with E-state index in [1.54, 1.807) is 41.8 Å². The number of hydrogen-bond acceptors (Lipinski definition) is 6. The Morgan fingerprint density at radius 1 is 0.829 bits per heavy atom. The van der Waals surface area contributed by atoms with Gasteiger partial charge in [0.15, 0.2) is 6.61 Å². The fraction of sp³-hybridized carbons (Fsp3) is 0.129. The third-order valence-corrected chi connectivity index (χ3v) is 6.72. The van der Waals surface area contributed by atoms with Crippen molar-refractivity contribution in [2.24, 2.45) is 0 Å². The summed E-state index contributed by atoms with van der Waals surface area (Å²) in [5.74, 6) is -3.05. The Kier molecular flexibility index (Phi) is 7.06. The van der Waals surface area contributed by atoms with Crippen LogP contribution in [0.25, 0.3) is 5.69 Å². The zero-order chi connectivity index (χ0) is 29.4. The molecule has 4 aromatic rings. The molecule has 2 heterocycles. The fourth-order valence-electron chi connectivity index (χ4n) is 4.82. The summed E-state index contributed by atoms with van der Waals surface area (Å²) in [5, 5.41) is 2.61. The number of rotatable bonds is 7. The third-order valence-electron chi connectivity index (χ3n) is 6.72. The highest BCUT2D eigenvalue weighted by atomic mass is 19.1. The Hall–Kier alpha value is -5.38. The number of nitrogens with zero attached hydrogens (tertiary/aromatic N) is 2. The smallest absolute Gasteiger partial charge is 0.338 e. The van der Waals surface area contributed by atoms with Gasteiger partial charge in [0.1, 0.15) is 5.82 Å². The summed E-state index contributed by atoms with van der Waals surface area (Å²) in [4.78, 5) is 64.0. The number of benzene rings is 3. The van der Waals surface area contributed by atoms with Crippen LogP contribution in [0.3, 0.4) is 0 Å². The molecular weight excluding hydrogens is 529 g/mol. The molecule has 1 aliphatic rings. The predicted molar refractivity (Wildman–Crippen MR) is 148 cm³/mol. The van der Waals surface area contributed by atoms with Crippen LogP contribution in [-0.2, 0) is 9.53 Å². The first kappa shape index (κ1) is 27.2. The molecule has 0 radical (unpaired) electrons. The van der Waals surface area contributed by atoms with Crippen LogP contribution in [0.5, 0.6) is 0 Å². The number of ether oxygens (including phenoxy) is 1. The number of fused-ring (bicyclic) bond motifs is 1. The molecule has 9 nitrogen and oxygen atoms in total. The maximum absolute atomic E-state index is 13.4. The number of halogens is 1. The summed E-state index contributed by atoms with van der Waals surface area (Å²) < 4.78 is 20.4. The van der Waals surface area contributed by atoms with Crippen LogP contribution >= 0.6 is 0 Å². The minimum atomic E-state index is -0.827. The van der Waals surface area contributed by atoms with Crippen molar-refractivity contribution in [1.82, 2.24) is 4.57 Å². The minimum absolute atomic E-state index is 0.0114. The van der Waals surface area contributed by atoms with E-state index in [-0.39, 0.29) is 28.4 Å². The SMILES string of the molecule is CC(=O)Nc1ccc(N2C(=O)c3ccc(C(=O)OCC(=O)c4cc(C)n(-c5ccc(F)cc5)c4C)cc3C2=O)cc1. The van der Waals surface area contributed by atoms with E-state index in [9.17, 15) is 28.4 Å². The number of carbonyl (C=O) groups excluding carboxylic acids is 5. The molecule has 10 heteroatoms. The summed E-state index contributed by atoms with van der Waals surface area (Å²) in [5.41, 5.74) is 3.39. The second-order valence-electron chi connectivity index (χ2n) is 9.53. The van der Waals surface area contributed by atoms with Crippen molar-refractivity contribution in [1.29, 1.82) is 0 Å². The summed E-state index contributed by atoms with van der Waals surface area (Å²) in [6.07, 6.45) is 0. The highest BCUT2D eigenvalue weighted by molar-refractivity contribution is 6.34. The number of ketones is 1. The molecule has 1 N–H and O–H groups in total. The van der Waals surface area contributed by atoms with Gasteiger partial charge in [-0.2, -0.15) is 0 Å². The highest BCUT2D eigenvalue weighted by Gasteiger charge is 2.37. The van der Waals surface area contributed by atoms with Crippen LogP contribution in [-0.4, -0.2) is 40.6 Å². The van der Waals surface area contributed by atoms with Crippen LogP contribution in [0.1, 0.15) is 59.7 Å². The van der Waals surface area contributed by atoms with Crippen molar-refractivity contribution in [3.63, 3.8) is 0 Å². The van der Waals surface area contributed by atoms with Crippen molar-refractivity contribution in [3.8, 4) is 5.69 Å². The van der Waals surface area contributed by atoms with E-state index < -0.39 is 30.2 Å². The van der Waals surface area contributed by atoms with Crippen molar-refractivity contribution in [2.45, 2.75) is 20.8 Å². The van der Waals surface area contributed by atoms with Crippen molar-refractivity contribution < 1.29 is 33.1 Å². The molecule has 1 aromatic heterocycles. The van der Waals surface area contributed by atoms with Gasteiger partial charge in [-0.05, 0) is 86.6 Å². The Labute approximate surface area is 234 Å². The van der Waals surface area contributed by atoms with Gasteiger partial charge in [-0.3, -0.25) is 19.2 Å². The van der Waals surface area contributed by atoms with Crippen LogP contribution in [0, 0.1) is 19.7 Å². The highest BCUT2D eigenvalue weighted by Crippen LogP contribution is 2.30. The minimum Gasteiger partial charge on any atom is -0.454 e. The van der Waals surface area contributed by atoms with E-state index >= 15 is 0 Å². The number of nitrogens with one attached hydrogen (secondary N) is 1. The van der Waals surface area contributed by atoms with Crippen LogP contribution in [0.4, 0.5) is 15.8 Å². The van der Waals surface area contributed by atoms with Crippen molar-refractivity contribution in [3.05, 3.63) is 112 Å². The summed E-state index contributed by atoms with van der Waals surface area (Å²) >= 11 is 0. The molecule has 1 aliphatic heterocycles. The molecule has 3 amide bonds. The average molecular weight is 554 g/mol. The van der Waals surface area contributed by atoms with E-state index in [0.29, 0.717) is 28.3 Å². The molecule has 0 saturated carbocycles. The van der Waals surface area contributed by atoms with Crippen LogP contribution in [0.2, 0.25) is 0 Å². The van der Waals surface area contributed by atoms with E-state index in [1.807, 2.05) is 6.92 Å². The molecule has 41 heavy (non-hydrogen) atoms. The number of anilines is 2. The lowest BCUT2D eigenvalue weighted by atomic mass is 10.1. The monoisotopic (exact) mass is 553 g/mol. The summed E-state index contributed by atoms with van der Waals surface area (Å²) in [6.45, 7) is 4.38. The van der Waals surface area contributed by atoms with E-state index in [1.165, 1.54) is 49.4 Å². The predicted octanol–water partition coefficient (Wildman–Crippen LogP) is 5.03. The van der Waals surface area contributed by atoms with E-state index in [0.717, 1.165) is 10.6 Å². The number of aromatic nitrogens is 1. The number of imide groups is 1. The second kappa shape index (κ2) is 10.6. The summed E-state index contributed by atoms with van der Waals surface area (Å²) in [7, 11) is 0. The van der Waals surface area contributed by atoms with Gasteiger partial charge in [0.05, 0.1) is 22.4 Å². The number of amides is 3. The van der Waals surface area contributed by atoms with Gasteiger partial charge in [0.25, 0.3) is 11.8 Å². The van der Waals surface area contributed by atoms with Crippen molar-refractivity contribution >= 4 is 40.8 Å². The number of esters is 1. The largest absolute Gasteiger partial charge is 0.454 e. The lowest BCUT2D eigenvalue weighted by Crippen LogP contribution is -2.29. The van der Waals surface area contributed by atoms with Crippen LogP contribution in [0.15, 0.2) is 72.8 Å². The Balaban J connectivity index is 1.29. The third kappa shape index (κ3) is 5.14. The first-order chi connectivity index (χ1) is 19.5. The molecule has 0 spiro atoms. The molecule has 0 bridgehead atoms. The molecule has 5 rings (SSSR count). The van der Waals surface area contributed by atoms with E-state index in [2.05, 4.69) is 5.32 Å². The molecule has 0 atom stereocenters. The molecule has 0 unspecified atom stereocenters. The number of aryl methyl sites for hydroxylation is 1. The topological polar surface area (TPSA) is 115 Å². The van der Waals surface area contributed by atoms with Gasteiger partial charge in [-0.25, -0.2) is 14.1 Å². The Bertz CT molecular complexity index is 1740. The Morgan fingerprint density at radius 3 is 2.12 bits per heavy atom. The van der Waals surface area contributed by atoms with Gasteiger partial charge in [-0.1, -0.05) is 0 Å².